The maximum Gasteiger partial charge on any atom is 0.236 e. The van der Waals surface area contributed by atoms with Crippen LogP contribution >= 0.6 is 0 Å². The van der Waals surface area contributed by atoms with Gasteiger partial charge in [-0.2, -0.15) is 5.10 Å². The minimum atomic E-state index is -1.08. The van der Waals surface area contributed by atoms with Gasteiger partial charge >= 0.3 is 0 Å². The summed E-state index contributed by atoms with van der Waals surface area (Å²) in [6.45, 7) is 11.2. The van der Waals surface area contributed by atoms with Crippen molar-refractivity contribution in [1.82, 2.24) is 35.3 Å². The molecule has 11 nitrogen and oxygen atoms in total. The molecule has 0 bridgehead atoms. The van der Waals surface area contributed by atoms with Crippen molar-refractivity contribution in [2.75, 3.05) is 63.8 Å². The highest BCUT2D eigenvalue weighted by Gasteiger charge is 2.39. The van der Waals surface area contributed by atoms with Crippen LogP contribution in [-0.2, 0) is 22.4 Å². The lowest BCUT2D eigenvalue weighted by atomic mass is 9.79. The van der Waals surface area contributed by atoms with Crippen LogP contribution in [0.15, 0.2) is 72.9 Å². The number of halogens is 1. The normalized spacial score (nSPS) is 15.6. The molecule has 1 saturated heterocycles. The molecular weight excluding hydrogens is 672 g/mol. The number of carbonyl (C=O) groups is 2. The summed E-state index contributed by atoms with van der Waals surface area (Å²) in [5.41, 5.74) is 3.33. The second-order valence-electron chi connectivity index (χ2n) is 13.4. The van der Waals surface area contributed by atoms with Gasteiger partial charge in [-0.05, 0) is 75.4 Å². The Kier molecular flexibility index (Phi) is 15.6. The van der Waals surface area contributed by atoms with Crippen LogP contribution in [-0.4, -0.2) is 112 Å². The molecule has 1 aliphatic heterocycles. The van der Waals surface area contributed by atoms with E-state index in [0.717, 1.165) is 22.5 Å². The van der Waals surface area contributed by atoms with E-state index in [9.17, 15) is 19.1 Å². The number of aromatic nitrogens is 4. The molecule has 1 fully saturated rings. The number of terminal acetylenes is 1. The van der Waals surface area contributed by atoms with Crippen molar-refractivity contribution < 1.29 is 19.1 Å². The number of nitrogens with zero attached hydrogens (tertiary/aromatic N) is 6. The molecule has 0 radical (unpaired) electrons. The highest BCUT2D eigenvalue weighted by atomic mass is 19.1. The van der Waals surface area contributed by atoms with Crippen LogP contribution in [0.1, 0.15) is 51.1 Å². The lowest BCUT2D eigenvalue weighted by molar-refractivity contribution is -0.138. The van der Waals surface area contributed by atoms with Crippen molar-refractivity contribution in [2.45, 2.75) is 53.1 Å². The predicted octanol–water partition coefficient (Wildman–Crippen LogP) is 4.63. The molecule has 0 spiro atoms. The highest BCUT2D eigenvalue weighted by molar-refractivity contribution is 5.87. The number of likely N-dealkylation sites (N-methyl/N-ethyl adjacent to an activating group) is 1. The monoisotopic (exact) mass is 724 g/mol. The number of Topliss-reactive ketones (excluding diaryl/α,β-unsaturated/α-hetero) is 1. The predicted molar refractivity (Wildman–Crippen MR) is 209 cm³/mol. The molecule has 2 aromatic heterocycles. The van der Waals surface area contributed by atoms with Crippen molar-refractivity contribution in [3.05, 3.63) is 89.8 Å². The first-order valence-electron chi connectivity index (χ1n) is 18.3. The van der Waals surface area contributed by atoms with Gasteiger partial charge in [-0.1, -0.05) is 26.0 Å². The van der Waals surface area contributed by atoms with Gasteiger partial charge < -0.3 is 20.2 Å². The molecule has 0 saturated carbocycles. The first-order chi connectivity index (χ1) is 25.6. The minimum Gasteiger partial charge on any atom is -0.392 e. The fourth-order valence-corrected chi connectivity index (χ4v) is 6.19. The lowest BCUT2D eigenvalue weighted by Crippen LogP contribution is -2.54. The Labute approximate surface area is 313 Å². The molecular formula is C41H53FN8O3. The molecule has 2 atom stereocenters. The molecule has 282 valence electrons. The summed E-state index contributed by atoms with van der Waals surface area (Å²) < 4.78 is 13.7. The number of H-pyrrole nitrogens is 1. The van der Waals surface area contributed by atoms with E-state index in [2.05, 4.69) is 48.4 Å². The summed E-state index contributed by atoms with van der Waals surface area (Å²) in [6, 6.07) is 9.94. The molecule has 3 N–H and O–H groups in total. The zero-order chi connectivity index (χ0) is 38.2. The van der Waals surface area contributed by atoms with E-state index < -0.39 is 11.5 Å². The standard InChI is InChI=1S/C41H53FN8O3/c1-6-12-33(42)14-9-15-36-35(13-7-2)37(47-46-36)16-10-21-43-28-38(52)41(5,31(4)51)30-48(8-3)29-39(53)50-26-24-49(25-27-50)34-19-17-32(18-20-34)40-44-22-11-23-45-40/h2,9-12,14,16-20,22-23,31,43,51H,6,8,13,15,21,24-30H2,1,3-5H3,(H,46,47)/b14-9-,16-10-,33-12+. The fourth-order valence-electron chi connectivity index (χ4n) is 6.19. The zero-order valence-corrected chi connectivity index (χ0v) is 31.4. The highest BCUT2D eigenvalue weighted by Crippen LogP contribution is 2.26. The second kappa shape index (κ2) is 20.3. The average molecular weight is 725 g/mol. The van der Waals surface area contributed by atoms with E-state index in [1.165, 1.54) is 12.2 Å². The number of aliphatic hydroxyl groups excluding tert-OH is 1. The van der Waals surface area contributed by atoms with Crippen molar-refractivity contribution in [3.8, 4) is 23.7 Å². The molecule has 4 rings (SSSR count). The number of aliphatic hydroxyl groups is 1. The van der Waals surface area contributed by atoms with Crippen LogP contribution in [0.3, 0.4) is 0 Å². The van der Waals surface area contributed by atoms with Gasteiger partial charge in [-0.15, -0.1) is 12.3 Å². The number of amides is 1. The van der Waals surface area contributed by atoms with E-state index in [-0.39, 0.29) is 37.2 Å². The van der Waals surface area contributed by atoms with Crippen LogP contribution < -0.4 is 10.2 Å². The van der Waals surface area contributed by atoms with Gasteiger partial charge in [-0.3, -0.25) is 19.6 Å². The number of anilines is 1. The number of aromatic amines is 1. The lowest BCUT2D eigenvalue weighted by Gasteiger charge is -2.39. The van der Waals surface area contributed by atoms with Gasteiger partial charge in [0.1, 0.15) is 5.83 Å². The van der Waals surface area contributed by atoms with Crippen molar-refractivity contribution in [3.63, 3.8) is 0 Å². The van der Waals surface area contributed by atoms with E-state index in [0.29, 0.717) is 70.0 Å². The molecule has 12 heteroatoms. The van der Waals surface area contributed by atoms with E-state index in [1.807, 2.05) is 47.9 Å². The van der Waals surface area contributed by atoms with Gasteiger partial charge in [0.2, 0.25) is 5.91 Å². The van der Waals surface area contributed by atoms with E-state index >= 15 is 0 Å². The number of hydrogen-bond donors (Lipinski definition) is 3. The maximum atomic E-state index is 13.7. The fraction of sp³-hybridized carbons (Fsp3) is 0.439. The number of rotatable bonds is 19. The number of piperazine rings is 1. The summed E-state index contributed by atoms with van der Waals surface area (Å²) in [5, 5.41) is 21.3. The van der Waals surface area contributed by atoms with Crippen LogP contribution in [0.25, 0.3) is 17.5 Å². The van der Waals surface area contributed by atoms with Crippen molar-refractivity contribution in [1.29, 1.82) is 0 Å². The van der Waals surface area contributed by atoms with E-state index in [1.54, 1.807) is 38.4 Å². The summed E-state index contributed by atoms with van der Waals surface area (Å²) >= 11 is 0. The van der Waals surface area contributed by atoms with Gasteiger partial charge in [0.05, 0.1) is 30.3 Å². The molecule has 1 aliphatic rings. The Morgan fingerprint density at radius 2 is 1.87 bits per heavy atom. The SMILES string of the molecule is C#CCc1c(/C=C\CNCC(=O)C(C)(CN(CC)CC(=O)N2CCN(c3ccc(-c4ncccn4)cc3)CC2)C(C)O)n[nH]c1C/C=C\C(F)=C/CC. The van der Waals surface area contributed by atoms with Crippen molar-refractivity contribution in [2.24, 2.45) is 5.41 Å². The third kappa shape index (κ3) is 11.5. The Morgan fingerprint density at radius 3 is 2.51 bits per heavy atom. The van der Waals surface area contributed by atoms with Gasteiger partial charge in [0.15, 0.2) is 11.6 Å². The quantitative estimate of drug-likeness (QED) is 0.0921. The Morgan fingerprint density at radius 1 is 1.15 bits per heavy atom. The number of hydrogen-bond acceptors (Lipinski definition) is 9. The van der Waals surface area contributed by atoms with Gasteiger partial charge in [0.25, 0.3) is 0 Å². The van der Waals surface area contributed by atoms with Gasteiger partial charge in [-0.25, -0.2) is 14.4 Å². The number of ketones is 1. The van der Waals surface area contributed by atoms with Crippen LogP contribution in [0.2, 0.25) is 0 Å². The molecule has 53 heavy (non-hydrogen) atoms. The van der Waals surface area contributed by atoms with Crippen LogP contribution in [0, 0.1) is 17.8 Å². The Balaban J connectivity index is 1.25. The van der Waals surface area contributed by atoms with Gasteiger partial charge in [0, 0.05) is 87.0 Å². The summed E-state index contributed by atoms with van der Waals surface area (Å²) in [7, 11) is 0. The van der Waals surface area contributed by atoms with E-state index in [4.69, 9.17) is 6.42 Å². The Bertz CT molecular complexity index is 1760. The van der Waals surface area contributed by atoms with Crippen LogP contribution in [0.4, 0.5) is 10.1 Å². The second-order valence-corrected chi connectivity index (χ2v) is 13.4. The minimum absolute atomic E-state index is 0.00831. The topological polar surface area (TPSA) is 131 Å². The number of carbonyl (C=O) groups excluding carboxylic acids is 2. The zero-order valence-electron chi connectivity index (χ0n) is 31.4. The summed E-state index contributed by atoms with van der Waals surface area (Å²) in [5.74, 6) is 2.93. The molecule has 2 unspecified atom stereocenters. The molecule has 3 heterocycles. The third-order valence-electron chi connectivity index (χ3n) is 9.69. The average Bonchev–Trinajstić information content (AvgIpc) is 3.55. The first kappa shape index (κ1) is 40.8. The van der Waals surface area contributed by atoms with Crippen LogP contribution in [0.5, 0.6) is 0 Å². The largest absolute Gasteiger partial charge is 0.392 e. The third-order valence-corrected chi connectivity index (χ3v) is 9.69. The molecule has 1 amide bonds. The first-order valence-corrected chi connectivity index (χ1v) is 18.3. The summed E-state index contributed by atoms with van der Waals surface area (Å²) in [6.07, 6.45) is 18.0. The number of benzene rings is 1. The smallest absolute Gasteiger partial charge is 0.236 e. The van der Waals surface area contributed by atoms with Crippen molar-refractivity contribution >= 4 is 23.5 Å². The Hall–Kier alpha value is -4.96. The molecule has 0 aliphatic carbocycles. The summed E-state index contributed by atoms with van der Waals surface area (Å²) in [4.78, 5) is 41.6. The molecule has 1 aromatic carbocycles. The number of allylic oxidation sites excluding steroid dienone is 4. The molecule has 3 aromatic rings. The maximum absolute atomic E-state index is 13.7. The number of nitrogens with one attached hydrogen (secondary N) is 2.